The quantitative estimate of drug-likeness (QED) is 0.523. The van der Waals surface area contributed by atoms with Gasteiger partial charge in [-0.1, -0.05) is 26.0 Å². The van der Waals surface area contributed by atoms with Crippen LogP contribution in [0.15, 0.2) is 11.4 Å². The summed E-state index contributed by atoms with van der Waals surface area (Å²) < 4.78 is 1.44. The Balaban J connectivity index is 2.80. The van der Waals surface area contributed by atoms with Gasteiger partial charge in [0.25, 0.3) is 0 Å². The Labute approximate surface area is 64.5 Å². The molecular formula is C9H10S. The Hall–Kier alpha value is -0.560. The minimum atomic E-state index is 0.294. The van der Waals surface area contributed by atoms with Gasteiger partial charge in [-0.2, -0.15) is 0 Å². The molecule has 0 saturated heterocycles. The normalized spacial score (nSPS) is 19.4. The molecule has 0 radical (unpaired) electrons. The molecule has 10 heavy (non-hydrogen) atoms. The summed E-state index contributed by atoms with van der Waals surface area (Å²) in [5.41, 5.74) is 0.294. The third-order valence-corrected chi connectivity index (χ3v) is 2.64. The zero-order valence-corrected chi connectivity index (χ0v) is 7.03. The number of fused-ring (bicyclic) bond motifs is 1. The first-order valence-corrected chi connectivity index (χ1v) is 4.35. The van der Waals surface area contributed by atoms with Crippen LogP contribution in [0.25, 0.3) is 12.2 Å². The first kappa shape index (κ1) is 6.17. The zero-order chi connectivity index (χ0) is 7.19. The summed E-state index contributed by atoms with van der Waals surface area (Å²) in [5.74, 6) is 0. The number of hydrogen-bond acceptors (Lipinski definition) is 1. The summed E-state index contributed by atoms with van der Waals surface area (Å²) in [5, 5.41) is 3.56. The standard InChI is InChI=1S/C9H10S/c1-9(2)5-7-3-4-10-8(7)6-9/h3-6H,1-2H3. The average molecular weight is 150 g/mol. The summed E-state index contributed by atoms with van der Waals surface area (Å²) in [6.07, 6.45) is 4.64. The molecule has 1 aliphatic carbocycles. The molecule has 2 rings (SSSR count). The molecule has 0 N–H and O–H groups in total. The van der Waals surface area contributed by atoms with Gasteiger partial charge in [0.1, 0.15) is 0 Å². The highest BCUT2D eigenvalue weighted by molar-refractivity contribution is 7.07. The summed E-state index contributed by atoms with van der Waals surface area (Å²) >= 11 is 1.83. The molecule has 1 aliphatic rings. The molecule has 0 spiro atoms. The maximum Gasteiger partial charge on any atom is 0.0308 e. The van der Waals surface area contributed by atoms with Crippen molar-refractivity contribution in [2.45, 2.75) is 13.8 Å². The lowest BCUT2D eigenvalue weighted by molar-refractivity contribution is 0.725. The third kappa shape index (κ3) is 0.816. The molecule has 1 heterocycles. The molecule has 0 amide bonds. The lowest BCUT2D eigenvalue weighted by atomic mass is 9.96. The maximum absolute atomic E-state index is 2.33. The predicted octanol–water partition coefficient (Wildman–Crippen LogP) is 1.35. The molecule has 1 aromatic heterocycles. The average Bonchev–Trinajstić information content (AvgIpc) is 2.20. The van der Waals surface area contributed by atoms with Crippen molar-refractivity contribution in [3.63, 3.8) is 0 Å². The van der Waals surface area contributed by atoms with E-state index < -0.39 is 0 Å². The summed E-state index contributed by atoms with van der Waals surface area (Å²) in [4.78, 5) is 0. The molecular weight excluding hydrogens is 140 g/mol. The van der Waals surface area contributed by atoms with E-state index in [9.17, 15) is 0 Å². The number of rotatable bonds is 0. The minimum Gasteiger partial charge on any atom is -0.144 e. The van der Waals surface area contributed by atoms with Gasteiger partial charge in [-0.3, -0.25) is 0 Å². The summed E-state index contributed by atoms with van der Waals surface area (Å²) in [6.45, 7) is 4.47. The van der Waals surface area contributed by atoms with E-state index in [2.05, 4.69) is 37.4 Å². The van der Waals surface area contributed by atoms with Gasteiger partial charge in [0, 0.05) is 9.95 Å². The van der Waals surface area contributed by atoms with Crippen LogP contribution in [-0.4, -0.2) is 0 Å². The van der Waals surface area contributed by atoms with Crippen LogP contribution in [0.1, 0.15) is 13.8 Å². The lowest BCUT2D eigenvalue weighted by Gasteiger charge is -2.08. The SMILES string of the molecule is CC1(C)C=c2ccsc2=C1. The zero-order valence-electron chi connectivity index (χ0n) is 6.22. The second-order valence-electron chi connectivity index (χ2n) is 3.35. The molecule has 0 unspecified atom stereocenters. The van der Waals surface area contributed by atoms with Crippen LogP contribution in [0.3, 0.4) is 0 Å². The third-order valence-electron chi connectivity index (χ3n) is 1.76. The van der Waals surface area contributed by atoms with Crippen LogP contribution in [0, 0.1) is 5.41 Å². The van der Waals surface area contributed by atoms with Crippen molar-refractivity contribution in [2.24, 2.45) is 5.41 Å². The van der Waals surface area contributed by atoms with E-state index in [1.165, 1.54) is 9.75 Å². The topological polar surface area (TPSA) is 0 Å². The lowest BCUT2D eigenvalue weighted by Crippen LogP contribution is -2.11. The van der Waals surface area contributed by atoms with Gasteiger partial charge in [0.05, 0.1) is 0 Å². The van der Waals surface area contributed by atoms with Crippen LogP contribution in [0.5, 0.6) is 0 Å². The van der Waals surface area contributed by atoms with Gasteiger partial charge in [-0.25, -0.2) is 0 Å². The Morgan fingerprint density at radius 1 is 1.30 bits per heavy atom. The Kier molecular flexibility index (Phi) is 1.07. The van der Waals surface area contributed by atoms with Gasteiger partial charge < -0.3 is 0 Å². The molecule has 0 bridgehead atoms. The van der Waals surface area contributed by atoms with Crippen LogP contribution >= 0.6 is 11.3 Å². The first-order chi connectivity index (χ1) is 4.67. The van der Waals surface area contributed by atoms with Crippen molar-refractivity contribution in [2.75, 3.05) is 0 Å². The fraction of sp³-hybridized carbons (Fsp3) is 0.333. The fourth-order valence-electron chi connectivity index (χ4n) is 1.35. The largest absolute Gasteiger partial charge is 0.144 e. The molecule has 0 atom stereocenters. The van der Waals surface area contributed by atoms with Crippen LogP contribution in [-0.2, 0) is 0 Å². The van der Waals surface area contributed by atoms with E-state index >= 15 is 0 Å². The fourth-order valence-corrected chi connectivity index (χ4v) is 2.34. The predicted molar refractivity (Wildman–Crippen MR) is 46.3 cm³/mol. The monoisotopic (exact) mass is 150 g/mol. The highest BCUT2D eigenvalue weighted by atomic mass is 32.1. The van der Waals surface area contributed by atoms with Crippen molar-refractivity contribution in [3.05, 3.63) is 21.2 Å². The van der Waals surface area contributed by atoms with Crippen LogP contribution < -0.4 is 9.75 Å². The highest BCUT2D eigenvalue weighted by Gasteiger charge is 2.14. The second-order valence-corrected chi connectivity index (χ2v) is 4.30. The van der Waals surface area contributed by atoms with Gasteiger partial charge in [-0.05, 0) is 16.7 Å². The maximum atomic E-state index is 2.33. The molecule has 1 heteroatoms. The molecule has 0 aliphatic heterocycles. The van der Waals surface area contributed by atoms with E-state index in [1.807, 2.05) is 11.3 Å². The Morgan fingerprint density at radius 2 is 2.10 bits per heavy atom. The van der Waals surface area contributed by atoms with E-state index in [0.29, 0.717) is 5.41 Å². The van der Waals surface area contributed by atoms with Crippen LogP contribution in [0.2, 0.25) is 0 Å². The van der Waals surface area contributed by atoms with Gasteiger partial charge >= 0.3 is 0 Å². The van der Waals surface area contributed by atoms with Crippen LogP contribution in [0.4, 0.5) is 0 Å². The Morgan fingerprint density at radius 3 is 2.80 bits per heavy atom. The molecule has 52 valence electrons. The van der Waals surface area contributed by atoms with E-state index in [-0.39, 0.29) is 0 Å². The van der Waals surface area contributed by atoms with E-state index in [4.69, 9.17) is 0 Å². The van der Waals surface area contributed by atoms with Crippen molar-refractivity contribution in [3.8, 4) is 0 Å². The molecule has 0 saturated carbocycles. The smallest absolute Gasteiger partial charge is 0.0308 e. The second kappa shape index (κ2) is 1.73. The van der Waals surface area contributed by atoms with Crippen molar-refractivity contribution in [1.82, 2.24) is 0 Å². The molecule has 0 nitrogen and oxygen atoms in total. The van der Waals surface area contributed by atoms with Crippen molar-refractivity contribution in [1.29, 1.82) is 0 Å². The minimum absolute atomic E-state index is 0.294. The molecule has 1 aromatic rings. The molecule has 0 aromatic carbocycles. The molecule has 0 fully saturated rings. The first-order valence-electron chi connectivity index (χ1n) is 3.47. The van der Waals surface area contributed by atoms with E-state index in [1.54, 1.807) is 0 Å². The van der Waals surface area contributed by atoms with Gasteiger partial charge in [0.15, 0.2) is 0 Å². The van der Waals surface area contributed by atoms with Crippen molar-refractivity contribution < 1.29 is 0 Å². The van der Waals surface area contributed by atoms with E-state index in [0.717, 1.165) is 0 Å². The van der Waals surface area contributed by atoms with Gasteiger partial charge in [0.2, 0.25) is 0 Å². The van der Waals surface area contributed by atoms with Crippen molar-refractivity contribution >= 4 is 23.5 Å². The number of thiophene rings is 1. The highest BCUT2D eigenvalue weighted by Crippen LogP contribution is 2.21. The van der Waals surface area contributed by atoms with Gasteiger partial charge in [-0.15, -0.1) is 11.3 Å². The number of hydrogen-bond donors (Lipinski definition) is 0. The summed E-state index contributed by atoms with van der Waals surface area (Å²) in [7, 11) is 0. The summed E-state index contributed by atoms with van der Waals surface area (Å²) in [6, 6.07) is 2.19. The Bertz CT molecular complexity index is 322.